The summed E-state index contributed by atoms with van der Waals surface area (Å²) in [6.07, 6.45) is 27.1. The summed E-state index contributed by atoms with van der Waals surface area (Å²) < 4.78 is 14.5. The summed E-state index contributed by atoms with van der Waals surface area (Å²) in [6, 6.07) is 55.8. The van der Waals surface area contributed by atoms with Crippen LogP contribution >= 0.6 is 0 Å². The topological polar surface area (TPSA) is 174 Å². The van der Waals surface area contributed by atoms with E-state index in [2.05, 4.69) is 104 Å². The standard InChI is InChI=1S/C15H19NO3.C15H17NO2.C12H13N.2C10H11NO.C10H13N.C10H10O/c1-2-19-15(18)14(17)11-16-10-6-5-8-12-7-3-4-9-13(12)16;1-2-18-15(17)13-10-16-9-4-3-6-11-7-5-8-12(13)14(11)16;1-2-8-13-9-7-11-6-3-5-10(4-1)12(11)13;12-10-7-3-5-8-4-1-2-6-9(8)11-10;12-11-10-7-3-5-8-4-1-2-6-9(8)10;1-2-7-10-9(5-1)6-3-4-8-11-10;11-10-7-3-5-8-4-1-2-6-9(8)10/h3-4,7,9H,2,5-6,8,10-11H2,1H3;5,7-8,10H,2-4,6,9H2,1H3;3,5-7,9H,1-2,4,8H2;1-2,4,6H,3,5,7H2,(H,11,12);1-2,4,6,12H,3,5,7H2;1-2,5,7,11H,3-4,6,8H2;1-2,4,6H,3,5,7H2/b;;;;11-10+;;. The molecule has 2 aliphatic carbocycles. The Bertz CT molecular complexity index is 4100. The zero-order valence-corrected chi connectivity index (χ0v) is 56.1. The Kier molecular flexibility index (Phi) is 25.8. The normalized spacial score (nSPS) is 15.9. The zero-order valence-electron chi connectivity index (χ0n) is 56.1. The molecule has 0 radical (unpaired) electrons. The van der Waals surface area contributed by atoms with Gasteiger partial charge in [0, 0.05) is 85.0 Å². The van der Waals surface area contributed by atoms with Crippen molar-refractivity contribution < 1.29 is 38.7 Å². The second-order valence-electron chi connectivity index (χ2n) is 25.3. The fraction of sp³-hybridized carbons (Fsp3) is 0.366. The largest absolute Gasteiger partial charge is 0.462 e. The molecule has 0 spiro atoms. The highest BCUT2D eigenvalue weighted by Gasteiger charge is 2.24. The first kappa shape index (κ1) is 69.3. The smallest absolute Gasteiger partial charge is 0.376 e. The number of rotatable bonds is 6. The molecule has 5 aliphatic heterocycles. The lowest BCUT2D eigenvalue weighted by molar-refractivity contribution is -0.152. The number of fused-ring (bicyclic) bond motifs is 5. The molecule has 0 saturated carbocycles. The molecule has 2 aromatic heterocycles. The molecule has 0 atom stereocenters. The summed E-state index contributed by atoms with van der Waals surface area (Å²) in [5.41, 5.74) is 19.1. The Balaban J connectivity index is 0.000000123. The van der Waals surface area contributed by atoms with Gasteiger partial charge >= 0.3 is 11.9 Å². The number of amides is 1. The maximum atomic E-state index is 12.0. The van der Waals surface area contributed by atoms with Crippen LogP contribution in [0.15, 0.2) is 181 Å². The van der Waals surface area contributed by atoms with Crippen LogP contribution in [-0.4, -0.2) is 82.3 Å². The van der Waals surface area contributed by atoms with Gasteiger partial charge in [-0.3, -0.25) is 14.4 Å². The Morgan fingerprint density at radius 2 is 1.02 bits per heavy atom. The molecule has 96 heavy (non-hydrogen) atoms. The number of nitrogens with one attached hydrogen (secondary N) is 2. The molecule has 7 aliphatic rings. The highest BCUT2D eigenvalue weighted by molar-refractivity contribution is 6.35. The average molecular weight is 1290 g/mol. The highest BCUT2D eigenvalue weighted by Crippen LogP contribution is 2.31. The predicted molar refractivity (Wildman–Crippen MR) is 386 cm³/mol. The van der Waals surface area contributed by atoms with Gasteiger partial charge in [0.15, 0.2) is 5.78 Å². The van der Waals surface area contributed by atoms with Crippen LogP contribution in [-0.2, 0) is 81.9 Å². The van der Waals surface area contributed by atoms with Crippen LogP contribution < -0.4 is 15.5 Å². The number of ether oxygens (including phenoxy) is 2. The van der Waals surface area contributed by atoms with Crippen molar-refractivity contribution in [2.45, 2.75) is 162 Å². The molecular formula is C82H94N6O8. The number of nitrogens with zero attached hydrogens (tertiary/aromatic N) is 4. The third-order valence-electron chi connectivity index (χ3n) is 18.7. The number of anilines is 3. The molecular weight excluding hydrogens is 1200 g/mol. The summed E-state index contributed by atoms with van der Waals surface area (Å²) in [5.74, 6) is -0.964. The minimum Gasteiger partial charge on any atom is -0.462 e. The Hall–Kier alpha value is -9.56. The number of hydrogen-bond donors (Lipinski definition) is 3. The van der Waals surface area contributed by atoms with Crippen molar-refractivity contribution in [3.8, 4) is 0 Å². The van der Waals surface area contributed by atoms with Crippen molar-refractivity contribution in [3.05, 3.63) is 232 Å². The number of hydrogen-bond acceptors (Lipinski definition) is 11. The van der Waals surface area contributed by atoms with Crippen LogP contribution in [0.5, 0.6) is 0 Å². The third kappa shape index (κ3) is 18.7. The molecule has 0 saturated heterocycles. The lowest BCUT2D eigenvalue weighted by atomic mass is 9.90. The van der Waals surface area contributed by atoms with Gasteiger partial charge in [-0.2, -0.15) is 0 Å². The summed E-state index contributed by atoms with van der Waals surface area (Å²) in [7, 11) is 0. The van der Waals surface area contributed by atoms with E-state index in [1.54, 1.807) is 6.92 Å². The van der Waals surface area contributed by atoms with Crippen molar-refractivity contribution in [1.82, 2.24) is 9.13 Å². The Morgan fingerprint density at radius 3 is 1.75 bits per heavy atom. The Morgan fingerprint density at radius 1 is 0.479 bits per heavy atom. The lowest BCUT2D eigenvalue weighted by Gasteiger charge is -2.23. The van der Waals surface area contributed by atoms with Gasteiger partial charge in [0.05, 0.1) is 42.1 Å². The minimum atomic E-state index is -0.732. The summed E-state index contributed by atoms with van der Waals surface area (Å²) >= 11 is 0. The number of carbonyl (C=O) groups excluding carboxylic acids is 5. The van der Waals surface area contributed by atoms with E-state index < -0.39 is 11.8 Å². The number of Topliss-reactive ketones (excluding diaryl/α,β-unsaturated/α-hetero) is 2. The van der Waals surface area contributed by atoms with E-state index in [0.29, 0.717) is 24.4 Å². The second kappa shape index (κ2) is 35.8. The maximum absolute atomic E-state index is 12.0. The fourth-order valence-corrected chi connectivity index (χ4v) is 13.9. The predicted octanol–water partition coefficient (Wildman–Crippen LogP) is 16.9. The third-order valence-corrected chi connectivity index (χ3v) is 18.7. The van der Waals surface area contributed by atoms with Gasteiger partial charge in [-0.1, -0.05) is 145 Å². The summed E-state index contributed by atoms with van der Waals surface area (Å²) in [6.45, 7) is 8.44. The number of ketones is 2. The summed E-state index contributed by atoms with van der Waals surface area (Å²) in [5, 5.41) is 20.8. The molecule has 7 heterocycles. The first-order chi connectivity index (χ1) is 47.1. The van der Waals surface area contributed by atoms with E-state index in [4.69, 9.17) is 14.7 Å². The molecule has 0 fully saturated rings. The minimum absolute atomic E-state index is 0.107. The first-order valence-electron chi connectivity index (χ1n) is 35.1. The molecule has 16 rings (SSSR count). The number of aromatic nitrogens is 2. The molecule has 9 aromatic rings. The lowest BCUT2D eigenvalue weighted by Crippen LogP contribution is -2.35. The number of oxime groups is 1. The summed E-state index contributed by atoms with van der Waals surface area (Å²) in [4.78, 5) is 59.6. The van der Waals surface area contributed by atoms with Crippen molar-refractivity contribution >= 4 is 74.0 Å². The van der Waals surface area contributed by atoms with Crippen molar-refractivity contribution in [2.75, 3.05) is 48.4 Å². The van der Waals surface area contributed by atoms with Gasteiger partial charge in [-0.05, 0) is 204 Å². The monoisotopic (exact) mass is 1290 g/mol. The number of esters is 2. The van der Waals surface area contributed by atoms with Gasteiger partial charge < -0.3 is 39.3 Å². The number of para-hydroxylation sites is 5. The molecule has 1 amide bonds. The van der Waals surface area contributed by atoms with Crippen LogP contribution in [0.3, 0.4) is 0 Å². The van der Waals surface area contributed by atoms with Gasteiger partial charge in [0.1, 0.15) is 0 Å². The molecule has 500 valence electrons. The van der Waals surface area contributed by atoms with Gasteiger partial charge in [-0.15, -0.1) is 0 Å². The quantitative estimate of drug-likeness (QED) is 0.0629. The van der Waals surface area contributed by atoms with Crippen LogP contribution in [0.1, 0.15) is 169 Å². The molecule has 0 bridgehead atoms. The van der Waals surface area contributed by atoms with E-state index in [-0.39, 0.29) is 25.0 Å². The Labute approximate surface area is 566 Å². The van der Waals surface area contributed by atoms with Crippen LogP contribution in [0.4, 0.5) is 17.1 Å². The molecule has 7 aromatic carbocycles. The zero-order chi connectivity index (χ0) is 66.9. The first-order valence-corrected chi connectivity index (χ1v) is 35.1. The highest BCUT2D eigenvalue weighted by atomic mass is 16.5. The van der Waals surface area contributed by atoms with E-state index in [9.17, 15) is 24.0 Å². The average Bonchev–Trinajstić information content (AvgIpc) is 1.62. The van der Waals surface area contributed by atoms with E-state index in [0.717, 1.165) is 130 Å². The molecule has 0 unspecified atom stereocenters. The van der Waals surface area contributed by atoms with Crippen LogP contribution in [0.25, 0.3) is 21.8 Å². The SMILES string of the molecule is CCOC(=O)C(=O)CN1CCCCc2ccccc21.CCOC(=O)c1cn2c3c(cccc13)CCCC2.O/N=C1\CCCc2ccccc21.O=C1CCCc2ccccc21.O=C1CCCc2ccccc2N1.c1cc2c3c(c1)ccn3CCCC2.c1ccc2c(c1)CCCCN2. The fourth-order valence-electron chi connectivity index (χ4n) is 13.9. The van der Waals surface area contributed by atoms with Gasteiger partial charge in [0.25, 0.3) is 5.78 Å². The van der Waals surface area contributed by atoms with E-state index >= 15 is 0 Å². The van der Waals surface area contributed by atoms with Crippen LogP contribution in [0, 0.1) is 0 Å². The maximum Gasteiger partial charge on any atom is 0.376 e. The van der Waals surface area contributed by atoms with E-state index in [1.165, 1.54) is 119 Å². The van der Waals surface area contributed by atoms with Gasteiger partial charge in [0.2, 0.25) is 5.91 Å². The van der Waals surface area contributed by atoms with Gasteiger partial charge in [-0.25, -0.2) is 9.59 Å². The molecule has 14 heteroatoms. The van der Waals surface area contributed by atoms with Crippen molar-refractivity contribution in [3.63, 3.8) is 0 Å². The van der Waals surface area contributed by atoms with E-state index in [1.807, 2.05) is 109 Å². The number of carbonyl (C=O) groups is 5. The van der Waals surface area contributed by atoms with Crippen molar-refractivity contribution in [1.29, 1.82) is 0 Å². The number of benzene rings is 7. The molecule has 14 nitrogen and oxygen atoms in total. The second-order valence-corrected chi connectivity index (χ2v) is 25.3. The van der Waals surface area contributed by atoms with Crippen LogP contribution in [0.2, 0.25) is 0 Å². The van der Waals surface area contributed by atoms with Crippen molar-refractivity contribution in [2.24, 2.45) is 5.16 Å². The number of aryl methyl sites for hydroxylation is 9. The molecule has 3 N–H and O–H groups in total.